The van der Waals surface area contributed by atoms with Crippen molar-refractivity contribution >= 4 is 18.0 Å². The average Bonchev–Trinajstić information content (AvgIpc) is 2.62. The number of aromatic carboxylic acids is 1. The molecule has 0 saturated carbocycles. The molecule has 0 aliphatic rings. The van der Waals surface area contributed by atoms with Crippen molar-refractivity contribution in [3.05, 3.63) is 23.5 Å². The van der Waals surface area contributed by atoms with Crippen LogP contribution in [0.25, 0.3) is 6.08 Å². The molecule has 74 valence electrons. The molecule has 0 spiro atoms. The van der Waals surface area contributed by atoms with E-state index in [4.69, 9.17) is 5.11 Å². The number of nitrogens with one attached hydrogen (secondary N) is 1. The van der Waals surface area contributed by atoms with Gasteiger partial charge in [-0.1, -0.05) is 0 Å². The Morgan fingerprint density at radius 3 is 2.86 bits per heavy atom. The minimum Gasteiger partial charge on any atom is -0.476 e. The van der Waals surface area contributed by atoms with Crippen LogP contribution in [0.1, 0.15) is 16.2 Å². The molecule has 0 fully saturated rings. The summed E-state index contributed by atoms with van der Waals surface area (Å²) in [5, 5.41) is 14.5. The minimum absolute atomic E-state index is 0.102. The molecule has 0 aliphatic carbocycles. The van der Waals surface area contributed by atoms with Gasteiger partial charge in [-0.05, 0) is 12.1 Å². The maximum atomic E-state index is 10.7. The second-order valence-electron chi connectivity index (χ2n) is 2.37. The first-order valence-corrected chi connectivity index (χ1v) is 3.68. The van der Waals surface area contributed by atoms with Gasteiger partial charge in [0.05, 0.1) is 12.8 Å². The first-order chi connectivity index (χ1) is 6.63. The van der Waals surface area contributed by atoms with E-state index in [0.29, 0.717) is 5.69 Å². The SMILES string of the molecule is COC(=O)/C=C/c1cc(C(=O)O)n[nH]1. The minimum atomic E-state index is -1.13. The Morgan fingerprint density at radius 1 is 1.64 bits per heavy atom. The molecule has 0 saturated heterocycles. The Hall–Kier alpha value is -2.11. The molecule has 0 aromatic carbocycles. The molecule has 2 N–H and O–H groups in total. The quantitative estimate of drug-likeness (QED) is 0.535. The predicted molar refractivity (Wildman–Crippen MR) is 46.6 cm³/mol. The van der Waals surface area contributed by atoms with Crippen molar-refractivity contribution in [1.82, 2.24) is 10.2 Å². The maximum Gasteiger partial charge on any atom is 0.356 e. The number of H-pyrrole nitrogens is 1. The van der Waals surface area contributed by atoms with Crippen LogP contribution in [0.15, 0.2) is 12.1 Å². The van der Waals surface area contributed by atoms with Crippen molar-refractivity contribution in [3.8, 4) is 0 Å². The zero-order chi connectivity index (χ0) is 10.6. The van der Waals surface area contributed by atoms with Gasteiger partial charge in [-0.2, -0.15) is 5.10 Å². The van der Waals surface area contributed by atoms with Gasteiger partial charge >= 0.3 is 11.9 Å². The zero-order valence-corrected chi connectivity index (χ0v) is 7.35. The third kappa shape index (κ3) is 2.44. The van der Waals surface area contributed by atoms with E-state index in [9.17, 15) is 9.59 Å². The molecule has 0 aliphatic heterocycles. The van der Waals surface area contributed by atoms with Gasteiger partial charge in [0.15, 0.2) is 5.69 Å². The molecule has 0 atom stereocenters. The van der Waals surface area contributed by atoms with Gasteiger partial charge in [-0.15, -0.1) is 0 Å². The molecule has 1 aromatic rings. The van der Waals surface area contributed by atoms with Gasteiger partial charge in [0.1, 0.15) is 0 Å². The number of methoxy groups -OCH3 is 1. The van der Waals surface area contributed by atoms with E-state index in [1.54, 1.807) is 0 Å². The number of esters is 1. The van der Waals surface area contributed by atoms with Crippen molar-refractivity contribution in [2.45, 2.75) is 0 Å². The van der Waals surface area contributed by atoms with Crippen LogP contribution in [-0.4, -0.2) is 34.4 Å². The second-order valence-corrected chi connectivity index (χ2v) is 2.37. The molecule has 0 amide bonds. The molecule has 1 heterocycles. The van der Waals surface area contributed by atoms with Gasteiger partial charge in [-0.25, -0.2) is 9.59 Å². The van der Waals surface area contributed by atoms with Crippen LogP contribution in [-0.2, 0) is 9.53 Å². The highest BCUT2D eigenvalue weighted by atomic mass is 16.5. The lowest BCUT2D eigenvalue weighted by Gasteiger charge is -1.87. The number of carboxylic acid groups (broad SMARTS) is 1. The smallest absolute Gasteiger partial charge is 0.356 e. The van der Waals surface area contributed by atoms with E-state index >= 15 is 0 Å². The maximum absolute atomic E-state index is 10.7. The van der Waals surface area contributed by atoms with E-state index in [1.165, 1.54) is 25.3 Å². The normalized spacial score (nSPS) is 10.4. The largest absolute Gasteiger partial charge is 0.476 e. The van der Waals surface area contributed by atoms with Crippen molar-refractivity contribution in [1.29, 1.82) is 0 Å². The Kier molecular flexibility index (Phi) is 3.01. The fourth-order valence-electron chi connectivity index (χ4n) is 0.757. The lowest BCUT2D eigenvalue weighted by molar-refractivity contribution is -0.134. The summed E-state index contributed by atoms with van der Waals surface area (Å²) in [5.41, 5.74) is 0.322. The third-order valence-electron chi connectivity index (χ3n) is 1.42. The Labute approximate surface area is 79.2 Å². The Bertz CT molecular complexity index is 380. The summed E-state index contributed by atoms with van der Waals surface area (Å²) in [5.74, 6) is -1.64. The number of carbonyl (C=O) groups excluding carboxylic acids is 1. The number of carboxylic acids is 1. The van der Waals surface area contributed by atoms with Gasteiger partial charge < -0.3 is 9.84 Å². The summed E-state index contributed by atoms with van der Waals surface area (Å²) < 4.78 is 4.35. The van der Waals surface area contributed by atoms with Crippen LogP contribution >= 0.6 is 0 Å². The number of rotatable bonds is 3. The summed E-state index contributed by atoms with van der Waals surface area (Å²) in [7, 11) is 1.25. The first kappa shape index (κ1) is 9.97. The first-order valence-electron chi connectivity index (χ1n) is 3.68. The highest BCUT2D eigenvalue weighted by Crippen LogP contribution is 2.01. The van der Waals surface area contributed by atoms with E-state index in [1.807, 2.05) is 0 Å². The van der Waals surface area contributed by atoms with E-state index in [2.05, 4.69) is 14.9 Å². The van der Waals surface area contributed by atoms with Crippen molar-refractivity contribution in [2.24, 2.45) is 0 Å². The van der Waals surface area contributed by atoms with Crippen LogP contribution in [0.3, 0.4) is 0 Å². The number of hydrogen-bond donors (Lipinski definition) is 2. The van der Waals surface area contributed by atoms with Crippen molar-refractivity contribution in [2.75, 3.05) is 7.11 Å². The monoisotopic (exact) mass is 196 g/mol. The van der Waals surface area contributed by atoms with E-state index in [-0.39, 0.29) is 5.69 Å². The van der Waals surface area contributed by atoms with Crippen molar-refractivity contribution < 1.29 is 19.4 Å². The van der Waals surface area contributed by atoms with Gasteiger partial charge in [0.25, 0.3) is 0 Å². The molecular formula is C8H8N2O4. The van der Waals surface area contributed by atoms with Crippen molar-refractivity contribution in [3.63, 3.8) is 0 Å². The molecule has 1 aromatic heterocycles. The van der Waals surface area contributed by atoms with Crippen LogP contribution in [0.4, 0.5) is 0 Å². The summed E-state index contributed by atoms with van der Waals surface area (Å²) in [4.78, 5) is 21.1. The van der Waals surface area contributed by atoms with Crippen LogP contribution in [0, 0.1) is 0 Å². The van der Waals surface area contributed by atoms with Crippen LogP contribution in [0.2, 0.25) is 0 Å². The van der Waals surface area contributed by atoms with E-state index in [0.717, 1.165) is 0 Å². The number of ether oxygens (including phenoxy) is 1. The average molecular weight is 196 g/mol. The second kappa shape index (κ2) is 4.22. The van der Waals surface area contributed by atoms with E-state index < -0.39 is 11.9 Å². The number of hydrogen-bond acceptors (Lipinski definition) is 4. The molecule has 6 heteroatoms. The number of aromatic amines is 1. The lowest BCUT2D eigenvalue weighted by Crippen LogP contribution is -1.95. The summed E-state index contributed by atoms with van der Waals surface area (Å²) in [6.07, 6.45) is 2.55. The fourth-order valence-corrected chi connectivity index (χ4v) is 0.757. The number of nitrogens with zero attached hydrogens (tertiary/aromatic N) is 1. The van der Waals surface area contributed by atoms with Crippen LogP contribution < -0.4 is 0 Å². The fraction of sp³-hybridized carbons (Fsp3) is 0.125. The molecule has 6 nitrogen and oxygen atoms in total. The number of carbonyl (C=O) groups is 2. The summed E-state index contributed by atoms with van der Waals surface area (Å²) in [6.45, 7) is 0. The highest BCUT2D eigenvalue weighted by molar-refractivity contribution is 5.88. The molecule has 0 radical (unpaired) electrons. The predicted octanol–water partition coefficient (Wildman–Crippen LogP) is 0.294. The third-order valence-corrected chi connectivity index (χ3v) is 1.42. The lowest BCUT2D eigenvalue weighted by atomic mass is 10.3. The molecule has 1 rings (SSSR count). The molecule has 0 bridgehead atoms. The van der Waals surface area contributed by atoms with Gasteiger partial charge in [0, 0.05) is 6.08 Å². The van der Waals surface area contributed by atoms with Crippen LogP contribution in [0.5, 0.6) is 0 Å². The topological polar surface area (TPSA) is 92.3 Å². The highest BCUT2D eigenvalue weighted by Gasteiger charge is 2.06. The summed E-state index contributed by atoms with van der Waals surface area (Å²) in [6, 6.07) is 1.31. The Balaban J connectivity index is 2.73. The summed E-state index contributed by atoms with van der Waals surface area (Å²) >= 11 is 0. The zero-order valence-electron chi connectivity index (χ0n) is 7.35. The molecule has 14 heavy (non-hydrogen) atoms. The Morgan fingerprint density at radius 2 is 2.36 bits per heavy atom. The number of aromatic nitrogens is 2. The van der Waals surface area contributed by atoms with Gasteiger partial charge in [-0.3, -0.25) is 5.10 Å². The molecular weight excluding hydrogens is 188 g/mol. The van der Waals surface area contributed by atoms with Gasteiger partial charge in [0.2, 0.25) is 0 Å². The molecule has 0 unspecified atom stereocenters. The standard InChI is InChI=1S/C8H8N2O4/c1-14-7(11)3-2-5-4-6(8(12)13)10-9-5/h2-4H,1H3,(H,9,10)(H,12,13)/b3-2+.